The summed E-state index contributed by atoms with van der Waals surface area (Å²) in [5.74, 6) is 1.63. The Morgan fingerprint density at radius 1 is 1.33 bits per heavy atom. The minimum atomic E-state index is -0.233. The van der Waals surface area contributed by atoms with E-state index < -0.39 is 0 Å². The number of hydrogen-bond acceptors (Lipinski definition) is 3. The zero-order valence-corrected chi connectivity index (χ0v) is 8.86. The Hall–Kier alpha value is -1.55. The van der Waals surface area contributed by atoms with E-state index in [0.717, 1.165) is 22.8 Å². The molecule has 1 aliphatic rings. The van der Waals surface area contributed by atoms with Gasteiger partial charge in [0.2, 0.25) is 0 Å². The molecule has 1 aromatic carbocycles. The van der Waals surface area contributed by atoms with Crippen LogP contribution in [-0.4, -0.2) is 14.9 Å². The molecule has 1 unspecified atom stereocenters. The Morgan fingerprint density at radius 3 is 3.00 bits per heavy atom. The van der Waals surface area contributed by atoms with Crippen LogP contribution in [0.25, 0.3) is 11.4 Å². The third-order valence-corrected chi connectivity index (χ3v) is 2.87. The summed E-state index contributed by atoms with van der Waals surface area (Å²) in [6.07, 6.45) is 0. The molecule has 0 aliphatic carbocycles. The highest BCUT2D eigenvalue weighted by molar-refractivity contribution is 6.22. The molecule has 5 heteroatoms. The van der Waals surface area contributed by atoms with Crippen molar-refractivity contribution in [3.05, 3.63) is 35.7 Å². The Morgan fingerprint density at radius 2 is 2.13 bits per heavy atom. The zero-order chi connectivity index (χ0) is 10.4. The van der Waals surface area contributed by atoms with Crippen molar-refractivity contribution >= 4 is 11.6 Å². The molecule has 0 saturated heterocycles. The van der Waals surface area contributed by atoms with Gasteiger partial charge in [-0.2, -0.15) is 0 Å². The number of nitrogens with zero attached hydrogens (tertiary/aromatic N) is 3. The number of hydrogen-bond donors (Lipinski definition) is 1. The number of nitrogens with one attached hydrogen (secondary N) is 1. The van der Waals surface area contributed by atoms with Gasteiger partial charge >= 0.3 is 0 Å². The van der Waals surface area contributed by atoms with Crippen LogP contribution in [0.1, 0.15) is 16.9 Å². The van der Waals surface area contributed by atoms with Crippen LogP contribution in [-0.2, 0) is 0 Å². The van der Waals surface area contributed by atoms with Gasteiger partial charge in [0.1, 0.15) is 11.3 Å². The van der Waals surface area contributed by atoms with Crippen LogP contribution in [0.4, 0.5) is 0 Å². The SMILES string of the molecule is Cc1nnc2n1NC(Cl)c1ccccc1-2. The third-order valence-electron chi connectivity index (χ3n) is 2.54. The van der Waals surface area contributed by atoms with Crippen LogP contribution in [0.3, 0.4) is 0 Å². The number of halogens is 1. The molecule has 0 amide bonds. The third kappa shape index (κ3) is 1.15. The number of fused-ring (bicyclic) bond motifs is 3. The summed E-state index contributed by atoms with van der Waals surface area (Å²) in [7, 11) is 0. The topological polar surface area (TPSA) is 42.7 Å². The molecule has 1 aromatic heterocycles. The molecule has 0 spiro atoms. The average molecular weight is 221 g/mol. The standard InChI is InChI=1S/C10H9ClN4/c1-6-12-13-10-8-5-3-2-4-7(8)9(11)14-15(6)10/h2-5,9,14H,1H3. The fraction of sp³-hybridized carbons (Fsp3) is 0.200. The van der Waals surface area contributed by atoms with Gasteiger partial charge in [-0.15, -0.1) is 10.2 Å². The fourth-order valence-electron chi connectivity index (χ4n) is 1.80. The highest BCUT2D eigenvalue weighted by Crippen LogP contribution is 2.33. The van der Waals surface area contributed by atoms with Gasteiger partial charge in [0, 0.05) is 11.1 Å². The first-order valence-electron chi connectivity index (χ1n) is 4.69. The Labute approximate surface area is 91.9 Å². The number of alkyl halides is 1. The van der Waals surface area contributed by atoms with Crippen molar-refractivity contribution in [2.75, 3.05) is 5.43 Å². The number of aryl methyl sites for hydroxylation is 1. The molecule has 0 bridgehead atoms. The van der Waals surface area contributed by atoms with E-state index in [0.29, 0.717) is 0 Å². The van der Waals surface area contributed by atoms with Crippen LogP contribution >= 0.6 is 11.6 Å². The van der Waals surface area contributed by atoms with Gasteiger partial charge in [0.05, 0.1) is 0 Å². The van der Waals surface area contributed by atoms with E-state index in [2.05, 4.69) is 15.6 Å². The lowest BCUT2D eigenvalue weighted by atomic mass is 10.1. The molecular formula is C10H9ClN4. The molecule has 2 aromatic rings. The maximum absolute atomic E-state index is 6.22. The molecule has 15 heavy (non-hydrogen) atoms. The lowest BCUT2D eigenvalue weighted by Gasteiger charge is -2.24. The zero-order valence-electron chi connectivity index (χ0n) is 8.11. The van der Waals surface area contributed by atoms with Gasteiger partial charge in [0.25, 0.3) is 0 Å². The first-order valence-corrected chi connectivity index (χ1v) is 5.13. The van der Waals surface area contributed by atoms with E-state index in [1.54, 1.807) is 0 Å². The van der Waals surface area contributed by atoms with Crippen molar-refractivity contribution in [1.29, 1.82) is 0 Å². The maximum Gasteiger partial charge on any atom is 0.183 e. The normalized spacial score (nSPS) is 17.9. The number of rotatable bonds is 0. The Balaban J connectivity index is 2.30. The molecule has 0 saturated carbocycles. The number of aromatic nitrogens is 3. The van der Waals surface area contributed by atoms with Gasteiger partial charge in [-0.3, -0.25) is 0 Å². The average Bonchev–Trinajstić information content (AvgIpc) is 2.62. The predicted molar refractivity (Wildman–Crippen MR) is 58.1 cm³/mol. The first-order chi connectivity index (χ1) is 7.27. The minimum absolute atomic E-state index is 0.233. The highest BCUT2D eigenvalue weighted by Gasteiger charge is 2.24. The Bertz CT molecular complexity index is 520. The van der Waals surface area contributed by atoms with Crippen LogP contribution in [0, 0.1) is 6.92 Å². The molecule has 3 rings (SSSR count). The molecule has 2 heterocycles. The Kier molecular flexibility index (Phi) is 1.73. The molecule has 76 valence electrons. The van der Waals surface area contributed by atoms with Crippen LogP contribution in [0.2, 0.25) is 0 Å². The van der Waals surface area contributed by atoms with Crippen molar-refractivity contribution < 1.29 is 0 Å². The monoisotopic (exact) mass is 220 g/mol. The van der Waals surface area contributed by atoms with Gasteiger partial charge in [-0.25, -0.2) is 4.68 Å². The van der Waals surface area contributed by atoms with Crippen LogP contribution in [0.15, 0.2) is 24.3 Å². The second kappa shape index (κ2) is 2.97. The van der Waals surface area contributed by atoms with E-state index in [9.17, 15) is 0 Å². The van der Waals surface area contributed by atoms with Crippen molar-refractivity contribution in [3.8, 4) is 11.4 Å². The number of benzene rings is 1. The quantitative estimate of drug-likeness (QED) is 0.546. The van der Waals surface area contributed by atoms with Crippen molar-refractivity contribution in [3.63, 3.8) is 0 Å². The largest absolute Gasteiger partial charge is 0.300 e. The second-order valence-corrected chi connectivity index (χ2v) is 3.92. The summed E-state index contributed by atoms with van der Waals surface area (Å²) in [6.45, 7) is 1.89. The first kappa shape index (κ1) is 8.73. The maximum atomic E-state index is 6.22. The summed E-state index contributed by atoms with van der Waals surface area (Å²) in [4.78, 5) is 0. The molecule has 4 nitrogen and oxygen atoms in total. The molecule has 1 N–H and O–H groups in total. The van der Waals surface area contributed by atoms with Crippen LogP contribution < -0.4 is 5.43 Å². The summed E-state index contributed by atoms with van der Waals surface area (Å²) in [5.41, 5.74) is 4.97. The van der Waals surface area contributed by atoms with Gasteiger partial charge in [-0.1, -0.05) is 35.9 Å². The van der Waals surface area contributed by atoms with E-state index >= 15 is 0 Å². The second-order valence-electron chi connectivity index (χ2n) is 3.49. The van der Waals surface area contributed by atoms with Crippen LogP contribution in [0.5, 0.6) is 0 Å². The molecule has 1 atom stereocenters. The van der Waals surface area contributed by atoms with Gasteiger partial charge in [0.15, 0.2) is 5.82 Å². The summed E-state index contributed by atoms with van der Waals surface area (Å²) in [6, 6.07) is 7.94. The molecule has 1 aliphatic heterocycles. The summed E-state index contributed by atoms with van der Waals surface area (Å²) >= 11 is 6.22. The lowest BCUT2D eigenvalue weighted by molar-refractivity contribution is 0.773. The molecule has 0 fully saturated rings. The van der Waals surface area contributed by atoms with Crippen molar-refractivity contribution in [2.24, 2.45) is 0 Å². The van der Waals surface area contributed by atoms with E-state index in [4.69, 9.17) is 11.6 Å². The summed E-state index contributed by atoms with van der Waals surface area (Å²) < 4.78 is 1.82. The molecular weight excluding hydrogens is 212 g/mol. The van der Waals surface area contributed by atoms with Gasteiger partial charge in [-0.05, 0) is 6.92 Å². The van der Waals surface area contributed by atoms with E-state index in [-0.39, 0.29) is 5.50 Å². The molecule has 0 radical (unpaired) electrons. The van der Waals surface area contributed by atoms with E-state index in [1.807, 2.05) is 35.9 Å². The van der Waals surface area contributed by atoms with Crippen molar-refractivity contribution in [2.45, 2.75) is 12.4 Å². The lowest BCUT2D eigenvalue weighted by Crippen LogP contribution is -2.24. The highest BCUT2D eigenvalue weighted by atomic mass is 35.5. The van der Waals surface area contributed by atoms with Gasteiger partial charge < -0.3 is 5.43 Å². The summed E-state index contributed by atoms with van der Waals surface area (Å²) in [5, 5.41) is 8.15. The van der Waals surface area contributed by atoms with Crippen molar-refractivity contribution in [1.82, 2.24) is 14.9 Å². The van der Waals surface area contributed by atoms with E-state index in [1.165, 1.54) is 0 Å². The minimum Gasteiger partial charge on any atom is -0.300 e. The fourth-order valence-corrected chi connectivity index (χ4v) is 2.08. The predicted octanol–water partition coefficient (Wildman–Crippen LogP) is 2.05. The smallest absolute Gasteiger partial charge is 0.183 e.